The van der Waals surface area contributed by atoms with Crippen LogP contribution in [0.3, 0.4) is 0 Å². The second-order valence-electron chi connectivity index (χ2n) is 7.45. The Bertz CT molecular complexity index is 1100. The molecule has 1 N–H and O–H groups in total. The second-order valence-corrected chi connectivity index (χ2v) is 7.45. The van der Waals surface area contributed by atoms with E-state index in [1.54, 1.807) is 6.33 Å². The van der Waals surface area contributed by atoms with E-state index in [9.17, 15) is 0 Å². The molecule has 0 bridgehead atoms. The molecule has 7 nitrogen and oxygen atoms in total. The Morgan fingerprint density at radius 2 is 1.80 bits per heavy atom. The van der Waals surface area contributed by atoms with Crippen molar-refractivity contribution in [3.8, 4) is 5.69 Å². The van der Waals surface area contributed by atoms with Crippen LogP contribution >= 0.6 is 0 Å². The molecule has 7 heteroatoms. The number of para-hydroxylation sites is 1. The van der Waals surface area contributed by atoms with Crippen LogP contribution in [0.4, 0.5) is 5.82 Å². The van der Waals surface area contributed by atoms with Gasteiger partial charge < -0.3 is 10.1 Å². The average Bonchev–Trinajstić information content (AvgIpc) is 3.24. The lowest BCUT2D eigenvalue weighted by Gasteiger charge is -2.33. The van der Waals surface area contributed by atoms with E-state index in [2.05, 4.69) is 55.6 Å². The van der Waals surface area contributed by atoms with Crippen LogP contribution in [0.25, 0.3) is 16.7 Å². The van der Waals surface area contributed by atoms with Crippen LogP contribution < -0.4 is 5.32 Å². The van der Waals surface area contributed by atoms with E-state index in [1.807, 2.05) is 41.2 Å². The van der Waals surface area contributed by atoms with E-state index < -0.39 is 0 Å². The molecule has 152 valence electrons. The predicted molar refractivity (Wildman–Crippen MR) is 117 cm³/mol. The van der Waals surface area contributed by atoms with Crippen LogP contribution in [0.2, 0.25) is 0 Å². The normalized spacial score (nSPS) is 17.3. The highest BCUT2D eigenvalue weighted by Gasteiger charge is 2.21. The Hall–Kier alpha value is -3.29. The summed E-state index contributed by atoms with van der Waals surface area (Å²) in [5, 5.41) is 8.87. The van der Waals surface area contributed by atoms with Gasteiger partial charge in [-0.2, -0.15) is 5.10 Å². The van der Waals surface area contributed by atoms with Gasteiger partial charge in [0.05, 0.1) is 30.0 Å². The number of hydrogen-bond donors (Lipinski definition) is 1. The van der Waals surface area contributed by atoms with E-state index in [4.69, 9.17) is 4.74 Å². The van der Waals surface area contributed by atoms with Crippen molar-refractivity contribution in [3.63, 3.8) is 0 Å². The number of anilines is 1. The van der Waals surface area contributed by atoms with Gasteiger partial charge in [-0.25, -0.2) is 14.6 Å². The van der Waals surface area contributed by atoms with Gasteiger partial charge in [-0.05, 0) is 17.7 Å². The standard InChI is InChI=1S/C23H24N6O/c1-3-7-18(8-4-1)15-28-11-12-30-20(16-28)13-24-22-21-14-27-29(23(21)26-17-25-22)19-9-5-2-6-10-19/h1-10,14,17,20H,11-13,15-16H2,(H,24,25,26)/t20-/m0/s1. The molecule has 1 fully saturated rings. The molecule has 4 aromatic rings. The molecule has 0 saturated carbocycles. The van der Waals surface area contributed by atoms with Gasteiger partial charge in [0, 0.05) is 26.2 Å². The van der Waals surface area contributed by atoms with E-state index in [0.717, 1.165) is 48.8 Å². The van der Waals surface area contributed by atoms with Crippen molar-refractivity contribution in [1.82, 2.24) is 24.6 Å². The third-order valence-corrected chi connectivity index (χ3v) is 5.34. The lowest BCUT2D eigenvalue weighted by atomic mass is 10.2. The fourth-order valence-corrected chi connectivity index (χ4v) is 3.84. The quantitative estimate of drug-likeness (QED) is 0.536. The number of nitrogens with zero attached hydrogens (tertiary/aromatic N) is 5. The first-order valence-electron chi connectivity index (χ1n) is 10.2. The number of morpholine rings is 1. The number of rotatable bonds is 6. The predicted octanol–water partition coefficient (Wildman–Crippen LogP) is 3.13. The molecule has 1 aliphatic heterocycles. The second kappa shape index (κ2) is 8.61. The summed E-state index contributed by atoms with van der Waals surface area (Å²) >= 11 is 0. The summed E-state index contributed by atoms with van der Waals surface area (Å²) in [5.74, 6) is 0.783. The lowest BCUT2D eigenvalue weighted by Crippen LogP contribution is -2.44. The molecule has 0 unspecified atom stereocenters. The number of aromatic nitrogens is 4. The molecule has 0 radical (unpaired) electrons. The van der Waals surface area contributed by atoms with Crippen LogP contribution in [0.15, 0.2) is 73.2 Å². The highest BCUT2D eigenvalue weighted by atomic mass is 16.5. The zero-order valence-electron chi connectivity index (χ0n) is 16.7. The Labute approximate surface area is 175 Å². The minimum absolute atomic E-state index is 0.108. The Kier molecular flexibility index (Phi) is 5.37. The molecule has 2 aromatic heterocycles. The summed E-state index contributed by atoms with van der Waals surface area (Å²) in [6.45, 7) is 4.22. The van der Waals surface area contributed by atoms with Crippen LogP contribution in [-0.2, 0) is 11.3 Å². The molecule has 1 saturated heterocycles. The van der Waals surface area contributed by atoms with Gasteiger partial charge in [-0.1, -0.05) is 48.5 Å². The molecule has 30 heavy (non-hydrogen) atoms. The van der Waals surface area contributed by atoms with Crippen molar-refractivity contribution in [2.45, 2.75) is 12.6 Å². The molecule has 0 spiro atoms. The monoisotopic (exact) mass is 400 g/mol. The molecular formula is C23H24N6O. The number of ether oxygens (including phenoxy) is 1. The fraction of sp³-hybridized carbons (Fsp3) is 0.261. The Morgan fingerprint density at radius 3 is 2.63 bits per heavy atom. The van der Waals surface area contributed by atoms with Gasteiger partial charge in [0.15, 0.2) is 5.65 Å². The van der Waals surface area contributed by atoms with E-state index in [-0.39, 0.29) is 6.10 Å². The zero-order chi connectivity index (χ0) is 20.2. The average molecular weight is 400 g/mol. The van der Waals surface area contributed by atoms with Gasteiger partial charge in [-0.15, -0.1) is 0 Å². The molecule has 0 amide bonds. The summed E-state index contributed by atoms with van der Waals surface area (Å²) < 4.78 is 7.82. The maximum Gasteiger partial charge on any atom is 0.168 e. The smallest absolute Gasteiger partial charge is 0.168 e. The lowest BCUT2D eigenvalue weighted by molar-refractivity contribution is -0.0240. The van der Waals surface area contributed by atoms with E-state index >= 15 is 0 Å². The number of hydrogen-bond acceptors (Lipinski definition) is 6. The summed E-state index contributed by atoms with van der Waals surface area (Å²) in [7, 11) is 0. The summed E-state index contributed by atoms with van der Waals surface area (Å²) in [6, 6.07) is 20.6. The van der Waals surface area contributed by atoms with Crippen molar-refractivity contribution in [2.24, 2.45) is 0 Å². The Balaban J connectivity index is 1.27. The summed E-state index contributed by atoms with van der Waals surface area (Å²) in [6.07, 6.45) is 3.50. The molecule has 5 rings (SSSR count). The first kappa shape index (κ1) is 18.7. The molecule has 1 aliphatic rings. The molecule has 2 aromatic carbocycles. The van der Waals surface area contributed by atoms with Crippen molar-refractivity contribution in [1.29, 1.82) is 0 Å². The van der Waals surface area contributed by atoms with Crippen molar-refractivity contribution >= 4 is 16.9 Å². The topological polar surface area (TPSA) is 68.1 Å². The van der Waals surface area contributed by atoms with Crippen molar-refractivity contribution in [3.05, 3.63) is 78.8 Å². The SMILES string of the molecule is c1ccc(CN2CCO[C@@H](CNc3ncnc4c3cnn4-c3ccccc3)C2)cc1. The van der Waals surface area contributed by atoms with Crippen molar-refractivity contribution < 1.29 is 4.74 Å². The minimum atomic E-state index is 0.108. The highest BCUT2D eigenvalue weighted by molar-refractivity contribution is 5.87. The van der Waals surface area contributed by atoms with Crippen LogP contribution in [0.5, 0.6) is 0 Å². The third kappa shape index (κ3) is 4.03. The summed E-state index contributed by atoms with van der Waals surface area (Å²) in [5.41, 5.74) is 3.09. The van der Waals surface area contributed by atoms with Gasteiger partial charge >= 0.3 is 0 Å². The van der Waals surface area contributed by atoms with Gasteiger partial charge in [-0.3, -0.25) is 4.90 Å². The molecular weight excluding hydrogens is 376 g/mol. The largest absolute Gasteiger partial charge is 0.374 e. The first-order chi connectivity index (χ1) is 14.9. The maximum absolute atomic E-state index is 5.99. The third-order valence-electron chi connectivity index (χ3n) is 5.34. The number of fused-ring (bicyclic) bond motifs is 1. The van der Waals surface area contributed by atoms with Crippen LogP contribution in [0.1, 0.15) is 5.56 Å². The molecule has 0 aliphatic carbocycles. The zero-order valence-corrected chi connectivity index (χ0v) is 16.7. The van der Waals surface area contributed by atoms with Crippen LogP contribution in [0, 0.1) is 0 Å². The van der Waals surface area contributed by atoms with Gasteiger partial charge in [0.2, 0.25) is 0 Å². The van der Waals surface area contributed by atoms with E-state index in [1.165, 1.54) is 5.56 Å². The number of benzene rings is 2. The van der Waals surface area contributed by atoms with E-state index in [0.29, 0.717) is 6.54 Å². The molecule has 3 heterocycles. The molecule has 1 atom stereocenters. The maximum atomic E-state index is 5.99. The Morgan fingerprint density at radius 1 is 1.00 bits per heavy atom. The number of nitrogens with one attached hydrogen (secondary N) is 1. The minimum Gasteiger partial charge on any atom is -0.374 e. The summed E-state index contributed by atoms with van der Waals surface area (Å²) in [4.78, 5) is 11.3. The highest BCUT2D eigenvalue weighted by Crippen LogP contribution is 2.22. The van der Waals surface area contributed by atoms with Gasteiger partial charge in [0.1, 0.15) is 12.1 Å². The fourth-order valence-electron chi connectivity index (χ4n) is 3.84. The van der Waals surface area contributed by atoms with Crippen molar-refractivity contribution in [2.75, 3.05) is 31.6 Å². The van der Waals surface area contributed by atoms with Crippen LogP contribution in [-0.4, -0.2) is 57.0 Å². The van der Waals surface area contributed by atoms with Gasteiger partial charge in [0.25, 0.3) is 0 Å². The first-order valence-corrected chi connectivity index (χ1v) is 10.2.